The van der Waals surface area contributed by atoms with Crippen molar-refractivity contribution in [1.82, 2.24) is 4.90 Å². The second-order valence-corrected chi connectivity index (χ2v) is 5.99. The normalized spacial score (nSPS) is 26.9. The fraction of sp³-hybridized carbons (Fsp3) is 0.833. The van der Waals surface area contributed by atoms with Crippen molar-refractivity contribution >= 4 is 12.1 Å². The molecule has 1 aliphatic rings. The number of alkyl halides is 2. The lowest BCUT2D eigenvalue weighted by molar-refractivity contribution is -0.190. The molecule has 1 saturated heterocycles. The third-order valence-electron chi connectivity index (χ3n) is 3.13. The lowest BCUT2D eigenvalue weighted by Gasteiger charge is -2.43. The summed E-state index contributed by atoms with van der Waals surface area (Å²) in [5, 5.41) is 9.01. The van der Waals surface area contributed by atoms with Gasteiger partial charge in [0.15, 0.2) is 0 Å². The van der Waals surface area contributed by atoms with Gasteiger partial charge in [0.25, 0.3) is 5.92 Å². The summed E-state index contributed by atoms with van der Waals surface area (Å²) in [6.45, 7) is 5.13. The number of halogens is 2. The van der Waals surface area contributed by atoms with E-state index in [2.05, 4.69) is 0 Å². The fourth-order valence-electron chi connectivity index (χ4n) is 1.83. The largest absolute Gasteiger partial charge is 0.481 e. The molecule has 7 heteroatoms. The summed E-state index contributed by atoms with van der Waals surface area (Å²) in [4.78, 5) is 23.9. The molecule has 1 aliphatic heterocycles. The van der Waals surface area contributed by atoms with Gasteiger partial charge in [0.2, 0.25) is 0 Å². The highest BCUT2D eigenvalue weighted by molar-refractivity contribution is 5.78. The van der Waals surface area contributed by atoms with Gasteiger partial charge in [0.05, 0.1) is 0 Å². The Balaban J connectivity index is 2.88. The Bertz CT molecular complexity index is 392. The SMILES string of the molecule is CC(C)(C)OC(=O)N1CCC(F)(F)[C@@](C)(C(=O)O)C1. The number of hydrogen-bond donors (Lipinski definition) is 1. The molecule has 1 atom stereocenters. The molecular weight excluding hydrogens is 260 g/mol. The van der Waals surface area contributed by atoms with Gasteiger partial charge in [-0.1, -0.05) is 0 Å². The van der Waals surface area contributed by atoms with Crippen molar-refractivity contribution in [2.24, 2.45) is 5.41 Å². The van der Waals surface area contributed by atoms with Crippen molar-refractivity contribution in [2.45, 2.75) is 45.6 Å². The minimum atomic E-state index is -3.35. The Hall–Kier alpha value is -1.40. The van der Waals surface area contributed by atoms with Gasteiger partial charge in [-0.05, 0) is 27.7 Å². The summed E-state index contributed by atoms with van der Waals surface area (Å²) in [6, 6.07) is 0. The van der Waals surface area contributed by atoms with Crippen molar-refractivity contribution in [3.63, 3.8) is 0 Å². The molecule has 110 valence electrons. The van der Waals surface area contributed by atoms with Crippen molar-refractivity contribution in [2.75, 3.05) is 13.1 Å². The molecule has 0 aromatic heterocycles. The average molecular weight is 279 g/mol. The molecule has 0 bridgehead atoms. The van der Waals surface area contributed by atoms with Crippen LogP contribution in [-0.2, 0) is 9.53 Å². The first-order valence-electron chi connectivity index (χ1n) is 5.98. The third-order valence-corrected chi connectivity index (χ3v) is 3.13. The molecular formula is C12H19F2NO4. The molecule has 0 spiro atoms. The molecule has 1 heterocycles. The molecule has 1 N–H and O–H groups in total. The van der Waals surface area contributed by atoms with Gasteiger partial charge in [-0.3, -0.25) is 4.79 Å². The van der Waals surface area contributed by atoms with Crippen LogP contribution in [0.15, 0.2) is 0 Å². The van der Waals surface area contributed by atoms with Crippen LogP contribution in [0.25, 0.3) is 0 Å². The molecule has 0 radical (unpaired) electrons. The summed E-state index contributed by atoms with van der Waals surface area (Å²) in [5.41, 5.74) is -3.04. The van der Waals surface area contributed by atoms with Crippen LogP contribution >= 0.6 is 0 Å². The Morgan fingerprint density at radius 3 is 2.26 bits per heavy atom. The number of carbonyl (C=O) groups is 2. The molecule has 0 unspecified atom stereocenters. The van der Waals surface area contributed by atoms with E-state index >= 15 is 0 Å². The summed E-state index contributed by atoms with van der Waals surface area (Å²) in [5.74, 6) is -4.97. The van der Waals surface area contributed by atoms with E-state index in [9.17, 15) is 18.4 Å². The molecule has 0 aliphatic carbocycles. The van der Waals surface area contributed by atoms with Crippen molar-refractivity contribution < 1.29 is 28.2 Å². The Labute approximate surface area is 110 Å². The smallest absolute Gasteiger partial charge is 0.410 e. The Kier molecular flexibility index (Phi) is 3.80. The van der Waals surface area contributed by atoms with Gasteiger partial charge in [-0.25, -0.2) is 13.6 Å². The highest BCUT2D eigenvalue weighted by atomic mass is 19.3. The van der Waals surface area contributed by atoms with Gasteiger partial charge >= 0.3 is 12.1 Å². The highest BCUT2D eigenvalue weighted by Crippen LogP contribution is 2.43. The number of rotatable bonds is 1. The minimum Gasteiger partial charge on any atom is -0.481 e. The van der Waals surface area contributed by atoms with Crippen LogP contribution in [0, 0.1) is 5.41 Å². The zero-order valence-corrected chi connectivity index (χ0v) is 11.5. The number of likely N-dealkylation sites (tertiary alicyclic amines) is 1. The van der Waals surface area contributed by atoms with Crippen LogP contribution in [-0.4, -0.2) is 46.7 Å². The maximum Gasteiger partial charge on any atom is 0.410 e. The van der Waals surface area contributed by atoms with Crippen LogP contribution in [0.4, 0.5) is 13.6 Å². The third kappa shape index (κ3) is 3.13. The molecule has 1 rings (SSSR count). The zero-order chi connectivity index (χ0) is 15.1. The van der Waals surface area contributed by atoms with E-state index in [4.69, 9.17) is 9.84 Å². The van der Waals surface area contributed by atoms with Crippen LogP contribution in [0.3, 0.4) is 0 Å². The van der Waals surface area contributed by atoms with Crippen LogP contribution < -0.4 is 0 Å². The quantitative estimate of drug-likeness (QED) is 0.800. The highest BCUT2D eigenvalue weighted by Gasteiger charge is 2.59. The number of hydrogen-bond acceptors (Lipinski definition) is 3. The maximum absolute atomic E-state index is 13.7. The number of amides is 1. The molecule has 5 nitrogen and oxygen atoms in total. The number of carboxylic acids is 1. The number of nitrogens with zero attached hydrogens (tertiary/aromatic N) is 1. The lowest BCUT2D eigenvalue weighted by Crippen LogP contribution is -2.59. The minimum absolute atomic E-state index is 0.217. The summed E-state index contributed by atoms with van der Waals surface area (Å²) in [7, 11) is 0. The average Bonchev–Trinajstić information content (AvgIpc) is 2.19. The summed E-state index contributed by atoms with van der Waals surface area (Å²) < 4.78 is 32.5. The van der Waals surface area contributed by atoms with Crippen LogP contribution in [0.5, 0.6) is 0 Å². The standard InChI is InChI=1S/C12H19F2NO4/c1-10(2,3)19-9(18)15-6-5-12(13,14)11(4,7-15)8(16)17/h5-7H2,1-4H3,(H,16,17)/t11-/m1/s1. The Morgan fingerprint density at radius 1 is 1.32 bits per heavy atom. The first-order chi connectivity index (χ1) is 8.39. The van der Waals surface area contributed by atoms with Crippen molar-refractivity contribution in [1.29, 1.82) is 0 Å². The number of ether oxygens (including phenoxy) is 1. The molecule has 0 saturated carbocycles. The van der Waals surface area contributed by atoms with E-state index in [1.54, 1.807) is 20.8 Å². The Morgan fingerprint density at radius 2 is 1.84 bits per heavy atom. The summed E-state index contributed by atoms with van der Waals surface area (Å²) in [6.07, 6.45) is -1.45. The van der Waals surface area contributed by atoms with Gasteiger partial charge in [-0.15, -0.1) is 0 Å². The summed E-state index contributed by atoms with van der Waals surface area (Å²) >= 11 is 0. The molecule has 1 fully saturated rings. The van der Waals surface area contributed by atoms with E-state index in [1.165, 1.54) is 0 Å². The second-order valence-electron chi connectivity index (χ2n) is 5.99. The van der Waals surface area contributed by atoms with E-state index in [-0.39, 0.29) is 6.54 Å². The van der Waals surface area contributed by atoms with Gasteiger partial charge < -0.3 is 14.7 Å². The van der Waals surface area contributed by atoms with Crippen LogP contribution in [0.2, 0.25) is 0 Å². The van der Waals surface area contributed by atoms with Gasteiger partial charge in [-0.2, -0.15) is 0 Å². The molecule has 0 aromatic carbocycles. The second kappa shape index (κ2) is 4.61. The first-order valence-corrected chi connectivity index (χ1v) is 5.98. The number of aliphatic carboxylic acids is 1. The molecule has 0 aromatic rings. The van der Waals surface area contributed by atoms with Crippen LogP contribution in [0.1, 0.15) is 34.1 Å². The molecule has 19 heavy (non-hydrogen) atoms. The number of carbonyl (C=O) groups excluding carboxylic acids is 1. The van der Waals surface area contributed by atoms with Gasteiger partial charge in [0, 0.05) is 19.5 Å². The van der Waals surface area contributed by atoms with E-state index in [0.717, 1.165) is 11.8 Å². The van der Waals surface area contributed by atoms with Crippen molar-refractivity contribution in [3.8, 4) is 0 Å². The predicted octanol–water partition coefficient (Wildman–Crippen LogP) is 2.35. The fourth-order valence-corrected chi connectivity index (χ4v) is 1.83. The number of piperidine rings is 1. The zero-order valence-electron chi connectivity index (χ0n) is 11.5. The monoisotopic (exact) mass is 279 g/mol. The predicted molar refractivity (Wildman–Crippen MR) is 63.1 cm³/mol. The van der Waals surface area contributed by atoms with E-state index < -0.39 is 42.0 Å². The topological polar surface area (TPSA) is 66.8 Å². The van der Waals surface area contributed by atoms with Gasteiger partial charge in [0.1, 0.15) is 11.0 Å². The molecule has 1 amide bonds. The van der Waals surface area contributed by atoms with E-state index in [1.807, 2.05) is 0 Å². The maximum atomic E-state index is 13.7. The first kappa shape index (κ1) is 15.7. The lowest BCUT2D eigenvalue weighted by atomic mass is 9.78. The number of carboxylic acid groups (broad SMARTS) is 1. The van der Waals surface area contributed by atoms with E-state index in [0.29, 0.717) is 0 Å². The van der Waals surface area contributed by atoms with Crippen molar-refractivity contribution in [3.05, 3.63) is 0 Å².